The second kappa shape index (κ2) is 5.76. The Morgan fingerprint density at radius 1 is 1.24 bits per heavy atom. The van der Waals surface area contributed by atoms with Gasteiger partial charge in [0.15, 0.2) is 0 Å². The maximum Gasteiger partial charge on any atom is 0.322 e. The van der Waals surface area contributed by atoms with Crippen LogP contribution in [0.15, 0.2) is 24.3 Å². The summed E-state index contributed by atoms with van der Waals surface area (Å²) in [6.45, 7) is 0.449. The van der Waals surface area contributed by atoms with E-state index in [2.05, 4.69) is 5.32 Å². The van der Waals surface area contributed by atoms with E-state index in [4.69, 9.17) is 5.11 Å². The Hall–Kier alpha value is -2.04. The Bertz CT molecular complexity index is 552. The number of carbonyl (C=O) groups is 2. The summed E-state index contributed by atoms with van der Waals surface area (Å²) in [5.74, 6) is -0.944. The van der Waals surface area contributed by atoms with Gasteiger partial charge in [-0.25, -0.2) is 4.79 Å². The highest BCUT2D eigenvalue weighted by Crippen LogP contribution is 2.38. The average molecular weight is 288 g/mol. The standard InChI is InChI=1S/C16H20N2O3/c19-15(20)9-11-10-18(14-8-4-3-7-13(11)14)16(21)17-12-5-1-2-6-12/h3-4,7-8,11-12H,1-2,5-6,9-10H2,(H,17,21)(H,19,20). The maximum absolute atomic E-state index is 12.5. The van der Waals surface area contributed by atoms with Crippen LogP contribution in [-0.2, 0) is 4.79 Å². The quantitative estimate of drug-likeness (QED) is 0.898. The van der Waals surface area contributed by atoms with Gasteiger partial charge in [0, 0.05) is 24.2 Å². The summed E-state index contributed by atoms with van der Waals surface area (Å²) in [7, 11) is 0. The number of benzene rings is 1. The summed E-state index contributed by atoms with van der Waals surface area (Å²) >= 11 is 0. The number of hydrogen-bond acceptors (Lipinski definition) is 2. The lowest BCUT2D eigenvalue weighted by atomic mass is 9.98. The topological polar surface area (TPSA) is 69.6 Å². The lowest BCUT2D eigenvalue weighted by Crippen LogP contribution is -2.43. The van der Waals surface area contributed by atoms with Gasteiger partial charge in [0.1, 0.15) is 0 Å². The number of carbonyl (C=O) groups excluding carboxylic acids is 1. The third-order valence-electron chi connectivity index (χ3n) is 4.42. The van der Waals surface area contributed by atoms with Gasteiger partial charge in [-0.1, -0.05) is 31.0 Å². The third kappa shape index (κ3) is 2.86. The molecule has 0 saturated heterocycles. The first-order valence-electron chi connectivity index (χ1n) is 7.54. The molecule has 1 aliphatic heterocycles. The summed E-state index contributed by atoms with van der Waals surface area (Å²) in [6, 6.07) is 7.77. The monoisotopic (exact) mass is 288 g/mol. The van der Waals surface area contributed by atoms with Crippen LogP contribution in [0.1, 0.15) is 43.6 Å². The van der Waals surface area contributed by atoms with E-state index in [0.29, 0.717) is 6.54 Å². The Morgan fingerprint density at radius 2 is 1.95 bits per heavy atom. The van der Waals surface area contributed by atoms with Crippen LogP contribution in [0.2, 0.25) is 0 Å². The average Bonchev–Trinajstić information content (AvgIpc) is 3.07. The molecule has 1 aromatic rings. The molecule has 0 spiro atoms. The van der Waals surface area contributed by atoms with Crippen molar-refractivity contribution in [2.75, 3.05) is 11.4 Å². The molecule has 1 aromatic carbocycles. The molecule has 0 aromatic heterocycles. The molecule has 0 radical (unpaired) electrons. The Kier molecular flexibility index (Phi) is 3.82. The van der Waals surface area contributed by atoms with Crippen molar-refractivity contribution in [2.24, 2.45) is 0 Å². The summed E-state index contributed by atoms with van der Waals surface area (Å²) in [4.78, 5) is 25.2. The Balaban J connectivity index is 1.76. The molecule has 1 unspecified atom stereocenters. The molecule has 1 atom stereocenters. The third-order valence-corrected chi connectivity index (χ3v) is 4.42. The van der Waals surface area contributed by atoms with E-state index in [1.165, 1.54) is 12.8 Å². The molecule has 1 saturated carbocycles. The number of para-hydroxylation sites is 1. The Morgan fingerprint density at radius 3 is 2.67 bits per heavy atom. The lowest BCUT2D eigenvalue weighted by Gasteiger charge is -2.21. The summed E-state index contributed by atoms with van der Waals surface area (Å²) in [5.41, 5.74) is 1.81. The zero-order valence-electron chi connectivity index (χ0n) is 11.9. The number of aliphatic carboxylic acids is 1. The number of nitrogens with one attached hydrogen (secondary N) is 1. The highest BCUT2D eigenvalue weighted by atomic mass is 16.4. The number of hydrogen-bond donors (Lipinski definition) is 2. The molecule has 1 heterocycles. The van der Waals surface area contributed by atoms with Crippen LogP contribution in [0.4, 0.5) is 10.5 Å². The number of rotatable bonds is 3. The second-order valence-corrected chi connectivity index (χ2v) is 5.90. The predicted molar refractivity (Wildman–Crippen MR) is 79.6 cm³/mol. The number of nitrogens with zero attached hydrogens (tertiary/aromatic N) is 1. The van der Waals surface area contributed by atoms with E-state index < -0.39 is 5.97 Å². The van der Waals surface area contributed by atoms with Gasteiger partial charge in [-0.2, -0.15) is 0 Å². The van der Waals surface area contributed by atoms with E-state index >= 15 is 0 Å². The van der Waals surface area contributed by atoms with Crippen molar-refractivity contribution in [1.29, 1.82) is 0 Å². The normalized spacial score (nSPS) is 21.3. The van der Waals surface area contributed by atoms with Gasteiger partial charge in [0.05, 0.1) is 6.42 Å². The smallest absolute Gasteiger partial charge is 0.322 e. The Labute approximate surface area is 123 Å². The molecule has 2 aliphatic rings. The first kappa shape index (κ1) is 13.9. The number of fused-ring (bicyclic) bond motifs is 1. The zero-order valence-corrected chi connectivity index (χ0v) is 11.9. The van der Waals surface area contributed by atoms with E-state index in [9.17, 15) is 9.59 Å². The van der Waals surface area contributed by atoms with Crippen molar-refractivity contribution < 1.29 is 14.7 Å². The van der Waals surface area contributed by atoms with Crippen molar-refractivity contribution in [3.63, 3.8) is 0 Å². The number of carboxylic acids is 1. The van der Waals surface area contributed by atoms with Gasteiger partial charge in [0.2, 0.25) is 0 Å². The largest absolute Gasteiger partial charge is 0.481 e. The highest BCUT2D eigenvalue weighted by molar-refractivity contribution is 5.95. The SMILES string of the molecule is O=C(O)CC1CN(C(=O)NC2CCCC2)c2ccccc21. The minimum Gasteiger partial charge on any atom is -0.481 e. The molecule has 5 heteroatoms. The molecule has 1 fully saturated rings. The van der Waals surface area contributed by atoms with Crippen molar-refractivity contribution in [3.05, 3.63) is 29.8 Å². The molecule has 3 rings (SSSR count). The van der Waals surface area contributed by atoms with Crippen molar-refractivity contribution in [2.45, 2.75) is 44.1 Å². The molecular formula is C16H20N2O3. The molecule has 1 aliphatic carbocycles. The molecular weight excluding hydrogens is 268 g/mol. The fourth-order valence-electron chi connectivity index (χ4n) is 3.40. The van der Waals surface area contributed by atoms with Gasteiger partial charge in [0.25, 0.3) is 0 Å². The predicted octanol–water partition coefficient (Wildman–Crippen LogP) is 2.72. The van der Waals surface area contributed by atoms with E-state index in [0.717, 1.165) is 24.1 Å². The molecule has 112 valence electrons. The van der Waals surface area contributed by atoms with Gasteiger partial charge >= 0.3 is 12.0 Å². The van der Waals surface area contributed by atoms with Crippen LogP contribution in [-0.4, -0.2) is 29.7 Å². The fourth-order valence-corrected chi connectivity index (χ4v) is 3.40. The van der Waals surface area contributed by atoms with Crippen molar-refractivity contribution >= 4 is 17.7 Å². The van der Waals surface area contributed by atoms with E-state index in [-0.39, 0.29) is 24.4 Å². The second-order valence-electron chi connectivity index (χ2n) is 5.90. The van der Waals surface area contributed by atoms with Gasteiger partial charge in [-0.15, -0.1) is 0 Å². The zero-order chi connectivity index (χ0) is 14.8. The lowest BCUT2D eigenvalue weighted by molar-refractivity contribution is -0.137. The van der Waals surface area contributed by atoms with E-state index in [1.807, 2.05) is 24.3 Å². The van der Waals surface area contributed by atoms with Gasteiger partial charge in [-0.3, -0.25) is 9.69 Å². The van der Waals surface area contributed by atoms with Crippen LogP contribution in [0.5, 0.6) is 0 Å². The van der Waals surface area contributed by atoms with Gasteiger partial charge in [-0.05, 0) is 24.5 Å². The van der Waals surface area contributed by atoms with Crippen LogP contribution in [0.25, 0.3) is 0 Å². The molecule has 2 N–H and O–H groups in total. The number of carboxylic acid groups (broad SMARTS) is 1. The summed E-state index contributed by atoms with van der Waals surface area (Å²) in [6.07, 6.45) is 4.48. The van der Waals surface area contributed by atoms with Crippen molar-refractivity contribution in [3.8, 4) is 0 Å². The number of anilines is 1. The summed E-state index contributed by atoms with van der Waals surface area (Å²) in [5, 5.41) is 12.1. The minimum atomic E-state index is -0.826. The first-order valence-corrected chi connectivity index (χ1v) is 7.54. The van der Waals surface area contributed by atoms with Crippen LogP contribution in [0.3, 0.4) is 0 Å². The molecule has 0 bridgehead atoms. The minimum absolute atomic E-state index is 0.0597. The number of urea groups is 1. The molecule has 21 heavy (non-hydrogen) atoms. The highest BCUT2D eigenvalue weighted by Gasteiger charge is 2.34. The van der Waals surface area contributed by atoms with Crippen LogP contribution < -0.4 is 10.2 Å². The van der Waals surface area contributed by atoms with Crippen LogP contribution >= 0.6 is 0 Å². The molecule has 2 amide bonds. The van der Waals surface area contributed by atoms with Crippen LogP contribution in [0, 0.1) is 0 Å². The van der Waals surface area contributed by atoms with E-state index in [1.54, 1.807) is 4.90 Å². The fraction of sp³-hybridized carbons (Fsp3) is 0.500. The van der Waals surface area contributed by atoms with Gasteiger partial charge < -0.3 is 10.4 Å². The number of amides is 2. The summed E-state index contributed by atoms with van der Waals surface area (Å²) < 4.78 is 0. The molecule has 5 nitrogen and oxygen atoms in total. The van der Waals surface area contributed by atoms with Crippen molar-refractivity contribution in [1.82, 2.24) is 5.32 Å². The first-order chi connectivity index (χ1) is 10.1. The maximum atomic E-state index is 12.5.